The summed E-state index contributed by atoms with van der Waals surface area (Å²) in [7, 11) is 1.49. The molecular weight excluding hydrogens is 336 g/mol. The summed E-state index contributed by atoms with van der Waals surface area (Å²) in [5.41, 5.74) is -0.167. The fourth-order valence-electron chi connectivity index (χ4n) is 2.49. The summed E-state index contributed by atoms with van der Waals surface area (Å²) in [4.78, 5) is 11.5. The molecule has 0 saturated carbocycles. The minimum Gasteiger partial charge on any atom is -0.490 e. The van der Waals surface area contributed by atoms with Crippen LogP contribution in [0, 0.1) is 0 Å². The second-order valence-corrected chi connectivity index (χ2v) is 6.84. The van der Waals surface area contributed by atoms with Crippen LogP contribution in [0.5, 0.6) is 11.5 Å². The number of ether oxygens (including phenoxy) is 2. The molecule has 1 aromatic heterocycles. The van der Waals surface area contributed by atoms with Crippen molar-refractivity contribution < 1.29 is 24.1 Å². The van der Waals surface area contributed by atoms with Gasteiger partial charge in [-0.3, -0.25) is 0 Å². The molecule has 0 fully saturated rings. The largest absolute Gasteiger partial charge is 0.490 e. The van der Waals surface area contributed by atoms with Gasteiger partial charge in [-0.05, 0) is 57.9 Å². The SMILES string of the molecule is COc1c(OCC=C(C)CCC(O)C(C)(C)O)ccc2ccc(=O)oc12. The summed E-state index contributed by atoms with van der Waals surface area (Å²) in [5, 5.41) is 20.4. The third-order valence-electron chi connectivity index (χ3n) is 4.21. The number of aliphatic hydroxyl groups is 2. The van der Waals surface area contributed by atoms with Crippen LogP contribution in [0.15, 0.2) is 45.1 Å². The summed E-state index contributed by atoms with van der Waals surface area (Å²) >= 11 is 0. The van der Waals surface area contributed by atoms with Crippen molar-refractivity contribution in [2.75, 3.05) is 13.7 Å². The maximum absolute atomic E-state index is 11.5. The monoisotopic (exact) mass is 362 g/mol. The Kier molecular flexibility index (Phi) is 6.45. The number of rotatable bonds is 8. The molecule has 0 amide bonds. The third kappa shape index (κ3) is 5.09. The summed E-state index contributed by atoms with van der Waals surface area (Å²) in [6.45, 7) is 5.43. The Morgan fingerprint density at radius 3 is 2.65 bits per heavy atom. The number of allylic oxidation sites excluding steroid dienone is 1. The molecular formula is C20H26O6. The Labute approximate surface area is 152 Å². The molecule has 0 radical (unpaired) electrons. The van der Waals surface area contributed by atoms with Gasteiger partial charge in [0, 0.05) is 11.5 Å². The topological polar surface area (TPSA) is 89.1 Å². The molecule has 26 heavy (non-hydrogen) atoms. The first-order valence-electron chi connectivity index (χ1n) is 8.52. The molecule has 0 saturated heterocycles. The maximum atomic E-state index is 11.5. The fraction of sp³-hybridized carbons (Fsp3) is 0.450. The normalized spacial score (nSPS) is 13.7. The molecule has 1 heterocycles. The highest BCUT2D eigenvalue weighted by atomic mass is 16.5. The molecule has 0 spiro atoms. The van der Waals surface area contributed by atoms with Crippen LogP contribution in [-0.2, 0) is 0 Å². The molecule has 1 aromatic carbocycles. The van der Waals surface area contributed by atoms with Crippen LogP contribution in [0.3, 0.4) is 0 Å². The molecule has 0 aliphatic rings. The molecule has 2 aromatic rings. The predicted molar refractivity (Wildman–Crippen MR) is 99.8 cm³/mol. The third-order valence-corrected chi connectivity index (χ3v) is 4.21. The lowest BCUT2D eigenvalue weighted by Gasteiger charge is -2.24. The Morgan fingerprint density at radius 1 is 1.31 bits per heavy atom. The average Bonchev–Trinajstić information content (AvgIpc) is 2.58. The van der Waals surface area contributed by atoms with E-state index in [2.05, 4.69) is 0 Å². The van der Waals surface area contributed by atoms with Crippen molar-refractivity contribution >= 4 is 11.0 Å². The van der Waals surface area contributed by atoms with E-state index in [9.17, 15) is 15.0 Å². The highest BCUT2D eigenvalue weighted by Crippen LogP contribution is 2.34. The first kappa shape index (κ1) is 20.0. The smallest absolute Gasteiger partial charge is 0.336 e. The van der Waals surface area contributed by atoms with Crippen molar-refractivity contribution in [3.8, 4) is 11.5 Å². The zero-order valence-corrected chi connectivity index (χ0v) is 15.6. The number of aliphatic hydroxyl groups excluding tert-OH is 1. The van der Waals surface area contributed by atoms with Crippen molar-refractivity contribution in [1.29, 1.82) is 0 Å². The van der Waals surface area contributed by atoms with E-state index in [1.54, 1.807) is 32.0 Å². The maximum Gasteiger partial charge on any atom is 0.336 e. The molecule has 2 N–H and O–H groups in total. The summed E-state index contributed by atoms with van der Waals surface area (Å²) < 4.78 is 16.3. The first-order valence-corrected chi connectivity index (χ1v) is 8.52. The number of methoxy groups -OCH3 is 1. The van der Waals surface area contributed by atoms with E-state index in [1.807, 2.05) is 13.0 Å². The Bertz CT molecular complexity index is 828. The van der Waals surface area contributed by atoms with E-state index in [0.717, 1.165) is 11.0 Å². The van der Waals surface area contributed by atoms with Crippen LogP contribution in [0.4, 0.5) is 0 Å². The van der Waals surface area contributed by atoms with Crippen molar-refractivity contribution in [2.45, 2.75) is 45.3 Å². The molecule has 1 atom stereocenters. The molecule has 0 aliphatic heterocycles. The number of hydrogen-bond donors (Lipinski definition) is 2. The molecule has 6 nitrogen and oxygen atoms in total. The second kappa shape index (κ2) is 8.38. The van der Waals surface area contributed by atoms with Gasteiger partial charge in [0.15, 0.2) is 11.3 Å². The van der Waals surface area contributed by atoms with Gasteiger partial charge < -0.3 is 24.1 Å². The van der Waals surface area contributed by atoms with Crippen LogP contribution in [0.2, 0.25) is 0 Å². The van der Waals surface area contributed by atoms with Crippen molar-refractivity contribution in [3.63, 3.8) is 0 Å². The van der Waals surface area contributed by atoms with Crippen molar-refractivity contribution in [1.82, 2.24) is 0 Å². The predicted octanol–water partition coefficient (Wildman–Crippen LogP) is 3.04. The van der Waals surface area contributed by atoms with E-state index in [1.165, 1.54) is 13.2 Å². The summed E-state index contributed by atoms with van der Waals surface area (Å²) in [6.07, 6.45) is 2.24. The number of hydrogen-bond acceptors (Lipinski definition) is 6. The van der Waals surface area contributed by atoms with Crippen LogP contribution in [0.25, 0.3) is 11.0 Å². The van der Waals surface area contributed by atoms with Crippen LogP contribution < -0.4 is 15.1 Å². The van der Waals surface area contributed by atoms with E-state index < -0.39 is 17.3 Å². The van der Waals surface area contributed by atoms with Gasteiger partial charge in [-0.15, -0.1) is 0 Å². The Hall–Kier alpha value is -2.31. The van der Waals surface area contributed by atoms with Crippen molar-refractivity contribution in [3.05, 3.63) is 46.3 Å². The van der Waals surface area contributed by atoms with Gasteiger partial charge in [0.25, 0.3) is 0 Å². The van der Waals surface area contributed by atoms with Gasteiger partial charge in [0.05, 0.1) is 18.8 Å². The standard InChI is InChI=1S/C20H26O6/c1-13(5-9-16(21)20(2,3)23)11-12-25-15-8-6-14-7-10-17(22)26-18(14)19(15)24-4/h6-8,10-11,16,21,23H,5,9,12H2,1-4H3. The van der Waals surface area contributed by atoms with Crippen LogP contribution >= 0.6 is 0 Å². The van der Waals surface area contributed by atoms with Crippen LogP contribution in [-0.4, -0.2) is 35.6 Å². The highest BCUT2D eigenvalue weighted by molar-refractivity contribution is 5.85. The summed E-state index contributed by atoms with van der Waals surface area (Å²) in [6, 6.07) is 6.59. The van der Waals surface area contributed by atoms with Gasteiger partial charge in [-0.1, -0.05) is 5.57 Å². The average molecular weight is 362 g/mol. The fourth-order valence-corrected chi connectivity index (χ4v) is 2.49. The van der Waals surface area contributed by atoms with Gasteiger partial charge in [-0.25, -0.2) is 4.79 Å². The lowest BCUT2D eigenvalue weighted by Crippen LogP contribution is -2.35. The molecule has 2 rings (SSSR count). The second-order valence-electron chi connectivity index (χ2n) is 6.84. The van der Waals surface area contributed by atoms with E-state index >= 15 is 0 Å². The van der Waals surface area contributed by atoms with E-state index in [-0.39, 0.29) is 0 Å². The van der Waals surface area contributed by atoms with Gasteiger partial charge in [-0.2, -0.15) is 0 Å². The Balaban J connectivity index is 2.04. The molecule has 0 aliphatic carbocycles. The summed E-state index contributed by atoms with van der Waals surface area (Å²) in [5.74, 6) is 0.860. The number of benzene rings is 1. The zero-order valence-electron chi connectivity index (χ0n) is 15.6. The quantitative estimate of drug-likeness (QED) is 0.554. The molecule has 6 heteroatoms. The Morgan fingerprint density at radius 2 is 2.00 bits per heavy atom. The first-order chi connectivity index (χ1) is 12.2. The molecule has 1 unspecified atom stereocenters. The minimum absolute atomic E-state index is 0.309. The lowest BCUT2D eigenvalue weighted by molar-refractivity contribution is -0.0509. The molecule has 0 bridgehead atoms. The van der Waals surface area contributed by atoms with Gasteiger partial charge in [0.1, 0.15) is 6.61 Å². The highest BCUT2D eigenvalue weighted by Gasteiger charge is 2.23. The van der Waals surface area contributed by atoms with Crippen molar-refractivity contribution in [2.24, 2.45) is 0 Å². The van der Waals surface area contributed by atoms with Crippen LogP contribution in [0.1, 0.15) is 33.6 Å². The lowest BCUT2D eigenvalue weighted by atomic mass is 9.96. The van der Waals surface area contributed by atoms with Gasteiger partial charge in [0.2, 0.25) is 5.75 Å². The zero-order chi connectivity index (χ0) is 19.3. The molecule has 142 valence electrons. The minimum atomic E-state index is -1.11. The number of fused-ring (bicyclic) bond motifs is 1. The van der Waals surface area contributed by atoms with E-state index in [4.69, 9.17) is 13.9 Å². The van der Waals surface area contributed by atoms with E-state index in [0.29, 0.717) is 36.5 Å². The van der Waals surface area contributed by atoms with Gasteiger partial charge >= 0.3 is 5.63 Å².